The van der Waals surface area contributed by atoms with Crippen molar-refractivity contribution >= 4 is 9.24 Å². The minimum Gasteiger partial charge on any atom is -0.127 e. The van der Waals surface area contributed by atoms with Crippen molar-refractivity contribution in [3.05, 3.63) is 23.3 Å². The molecule has 16 heavy (non-hydrogen) atoms. The quantitative estimate of drug-likeness (QED) is 0.479. The second kappa shape index (κ2) is 5.50. The monoisotopic (exact) mass is 238 g/mol. The zero-order valence-corrected chi connectivity index (χ0v) is 12.7. The average Bonchev–Trinajstić information content (AvgIpc) is 2.30. The van der Waals surface area contributed by atoms with E-state index >= 15 is 0 Å². The minimum atomic E-state index is 0.323. The fourth-order valence-electron chi connectivity index (χ4n) is 2.81. The van der Waals surface area contributed by atoms with Gasteiger partial charge < -0.3 is 0 Å². The van der Waals surface area contributed by atoms with E-state index in [2.05, 4.69) is 56.0 Å². The molecule has 0 bridgehead atoms. The van der Waals surface area contributed by atoms with Gasteiger partial charge >= 0.3 is 0 Å². The Morgan fingerprint density at radius 1 is 1.06 bits per heavy atom. The van der Waals surface area contributed by atoms with E-state index in [9.17, 15) is 0 Å². The first-order chi connectivity index (χ1) is 7.48. The fraction of sp³-hybridized carbons (Fsp3) is 0.733. The van der Waals surface area contributed by atoms with Crippen LogP contribution in [0.4, 0.5) is 0 Å². The molecule has 0 radical (unpaired) electrons. The fourth-order valence-corrected chi connectivity index (χ4v) is 3.17. The maximum Gasteiger partial charge on any atom is 0.00573 e. The molecular weight excluding hydrogens is 211 g/mol. The lowest BCUT2D eigenvalue weighted by Crippen LogP contribution is -2.28. The highest BCUT2D eigenvalue weighted by molar-refractivity contribution is 7.19. The second-order valence-electron chi connectivity index (χ2n) is 5.16. The maximum atomic E-state index is 3.11. The molecule has 1 heteroatoms. The van der Waals surface area contributed by atoms with Crippen molar-refractivity contribution < 1.29 is 0 Å². The highest BCUT2D eigenvalue weighted by atomic mass is 31.0. The zero-order chi connectivity index (χ0) is 12.3. The SMILES string of the molecule is CCC1=CC(C)C(C(P)(CC)CC)=CC1C. The Morgan fingerprint density at radius 2 is 1.62 bits per heavy atom. The van der Waals surface area contributed by atoms with E-state index in [0.717, 1.165) is 0 Å². The molecule has 0 aromatic rings. The first-order valence-electron chi connectivity index (χ1n) is 6.70. The van der Waals surface area contributed by atoms with Crippen molar-refractivity contribution in [3.63, 3.8) is 0 Å². The largest absolute Gasteiger partial charge is 0.127 e. The topological polar surface area (TPSA) is 0 Å². The van der Waals surface area contributed by atoms with Crippen molar-refractivity contribution in [1.82, 2.24) is 0 Å². The van der Waals surface area contributed by atoms with Gasteiger partial charge in [0.15, 0.2) is 0 Å². The highest BCUT2D eigenvalue weighted by Gasteiger charge is 2.30. The van der Waals surface area contributed by atoms with Gasteiger partial charge in [-0.2, -0.15) is 0 Å². The summed E-state index contributed by atoms with van der Waals surface area (Å²) in [4.78, 5) is 0. The summed E-state index contributed by atoms with van der Waals surface area (Å²) in [7, 11) is 3.11. The van der Waals surface area contributed by atoms with Crippen molar-refractivity contribution in [2.24, 2.45) is 11.8 Å². The third kappa shape index (κ3) is 2.59. The van der Waals surface area contributed by atoms with Crippen LogP contribution in [0.5, 0.6) is 0 Å². The molecule has 3 unspecified atom stereocenters. The summed E-state index contributed by atoms with van der Waals surface area (Å²) in [5, 5.41) is 0.323. The van der Waals surface area contributed by atoms with Gasteiger partial charge in [0.25, 0.3) is 0 Å². The molecule has 1 aliphatic rings. The van der Waals surface area contributed by atoms with E-state index in [4.69, 9.17) is 0 Å². The second-order valence-corrected chi connectivity index (χ2v) is 6.26. The Morgan fingerprint density at radius 3 is 2.06 bits per heavy atom. The molecule has 92 valence electrons. The van der Waals surface area contributed by atoms with Gasteiger partial charge in [0.05, 0.1) is 0 Å². The Bertz CT molecular complexity index is 295. The summed E-state index contributed by atoms with van der Waals surface area (Å²) in [6, 6.07) is 0. The molecule has 1 aliphatic carbocycles. The molecule has 0 nitrogen and oxygen atoms in total. The summed E-state index contributed by atoms with van der Waals surface area (Å²) >= 11 is 0. The van der Waals surface area contributed by atoms with Gasteiger partial charge in [0.1, 0.15) is 0 Å². The predicted molar refractivity (Wildman–Crippen MR) is 77.8 cm³/mol. The van der Waals surface area contributed by atoms with E-state index in [0.29, 0.717) is 17.0 Å². The number of hydrogen-bond donors (Lipinski definition) is 0. The molecule has 3 atom stereocenters. The molecule has 1 rings (SSSR count). The van der Waals surface area contributed by atoms with Gasteiger partial charge in [0.2, 0.25) is 0 Å². The molecule has 0 aromatic carbocycles. The minimum absolute atomic E-state index is 0.323. The van der Waals surface area contributed by atoms with Crippen LogP contribution < -0.4 is 0 Å². The number of rotatable bonds is 4. The van der Waals surface area contributed by atoms with E-state index in [1.165, 1.54) is 19.3 Å². The van der Waals surface area contributed by atoms with Crippen molar-refractivity contribution in [3.8, 4) is 0 Å². The van der Waals surface area contributed by atoms with Crippen LogP contribution in [0.2, 0.25) is 0 Å². The van der Waals surface area contributed by atoms with Crippen LogP contribution in [0, 0.1) is 11.8 Å². The van der Waals surface area contributed by atoms with Gasteiger partial charge in [-0.15, -0.1) is 9.24 Å². The number of allylic oxidation sites excluding steroid dienone is 4. The smallest absolute Gasteiger partial charge is 0.00573 e. The molecule has 0 N–H and O–H groups in total. The number of hydrogen-bond acceptors (Lipinski definition) is 0. The molecular formula is C15H27P. The average molecular weight is 238 g/mol. The first-order valence-corrected chi connectivity index (χ1v) is 7.27. The van der Waals surface area contributed by atoms with Gasteiger partial charge in [-0.05, 0) is 31.1 Å². The predicted octanol–water partition coefficient (Wildman–Crippen LogP) is 4.97. The lowest BCUT2D eigenvalue weighted by molar-refractivity contribution is 0.551. The van der Waals surface area contributed by atoms with E-state index in [1.807, 2.05) is 0 Å². The van der Waals surface area contributed by atoms with Gasteiger partial charge in [-0.3, -0.25) is 0 Å². The van der Waals surface area contributed by atoms with Crippen LogP contribution in [-0.4, -0.2) is 5.16 Å². The van der Waals surface area contributed by atoms with Crippen molar-refractivity contribution in [1.29, 1.82) is 0 Å². The van der Waals surface area contributed by atoms with Crippen LogP contribution in [0.3, 0.4) is 0 Å². The highest BCUT2D eigenvalue weighted by Crippen LogP contribution is 2.43. The Kier molecular flexibility index (Phi) is 4.80. The summed E-state index contributed by atoms with van der Waals surface area (Å²) in [6.07, 6.45) is 8.63. The first kappa shape index (κ1) is 14.0. The Labute approximate surface area is 104 Å². The molecule has 0 saturated heterocycles. The van der Waals surface area contributed by atoms with Crippen molar-refractivity contribution in [2.45, 2.75) is 59.0 Å². The zero-order valence-electron chi connectivity index (χ0n) is 11.5. The van der Waals surface area contributed by atoms with Crippen LogP contribution in [0.1, 0.15) is 53.9 Å². The molecule has 0 saturated carbocycles. The van der Waals surface area contributed by atoms with Crippen LogP contribution in [-0.2, 0) is 0 Å². The lowest BCUT2D eigenvalue weighted by Gasteiger charge is -2.37. The summed E-state index contributed by atoms with van der Waals surface area (Å²) in [6.45, 7) is 11.5. The van der Waals surface area contributed by atoms with Gasteiger partial charge in [0, 0.05) is 5.16 Å². The van der Waals surface area contributed by atoms with E-state index in [-0.39, 0.29) is 0 Å². The molecule has 0 heterocycles. The molecule has 0 amide bonds. The third-order valence-corrected chi connectivity index (χ3v) is 5.36. The van der Waals surface area contributed by atoms with Crippen LogP contribution in [0.15, 0.2) is 23.3 Å². The summed E-state index contributed by atoms with van der Waals surface area (Å²) in [5.41, 5.74) is 3.24. The lowest BCUT2D eigenvalue weighted by atomic mass is 9.76. The molecule has 0 aliphatic heterocycles. The van der Waals surface area contributed by atoms with Crippen LogP contribution in [0.25, 0.3) is 0 Å². The Balaban J connectivity index is 3.00. The van der Waals surface area contributed by atoms with E-state index in [1.54, 1.807) is 11.1 Å². The Hall–Kier alpha value is -0.0900. The summed E-state index contributed by atoms with van der Waals surface area (Å²) in [5.74, 6) is 1.25. The van der Waals surface area contributed by atoms with Crippen molar-refractivity contribution in [2.75, 3.05) is 0 Å². The standard InChI is InChI=1S/C15H27P/c1-6-13-9-12(5)14(10-11(13)4)15(16,7-2)8-3/h9-12H,6-8,16H2,1-5H3. The normalized spacial score (nSPS) is 26.4. The van der Waals surface area contributed by atoms with Gasteiger partial charge in [-0.25, -0.2) is 0 Å². The van der Waals surface area contributed by atoms with E-state index < -0.39 is 0 Å². The third-order valence-electron chi connectivity index (χ3n) is 4.21. The van der Waals surface area contributed by atoms with Gasteiger partial charge in [-0.1, -0.05) is 57.9 Å². The summed E-state index contributed by atoms with van der Waals surface area (Å²) < 4.78 is 0. The maximum absolute atomic E-state index is 3.11. The van der Waals surface area contributed by atoms with Crippen LogP contribution >= 0.6 is 9.24 Å². The molecule has 0 spiro atoms. The molecule has 0 fully saturated rings. The molecule has 0 aromatic heterocycles.